The van der Waals surface area contributed by atoms with Gasteiger partial charge in [0.25, 0.3) is 11.7 Å². The van der Waals surface area contributed by atoms with E-state index in [0.29, 0.717) is 22.8 Å². The molecule has 0 bridgehead atoms. The lowest BCUT2D eigenvalue weighted by Crippen LogP contribution is -2.34. The number of pyridine rings is 1. The van der Waals surface area contributed by atoms with Gasteiger partial charge in [0.05, 0.1) is 0 Å². The first kappa shape index (κ1) is 17.2. The number of ketones is 1. The van der Waals surface area contributed by atoms with Gasteiger partial charge in [-0.05, 0) is 41.8 Å². The van der Waals surface area contributed by atoms with Crippen molar-refractivity contribution < 1.29 is 9.59 Å². The topological polar surface area (TPSA) is 50.6 Å². The van der Waals surface area contributed by atoms with Crippen LogP contribution < -0.4 is 5.32 Å². The standard InChI is InChI=1S/C20H19ClN2O2/c1-13(2)12-22-20(25)19(24)18-17(14-6-8-15(21)9-7-14)11-16-5-3-4-10-23(16)18/h3-11,13H,12H2,1-2H3,(H,22,25). The van der Waals surface area contributed by atoms with E-state index in [-0.39, 0.29) is 5.92 Å². The van der Waals surface area contributed by atoms with Gasteiger partial charge in [0, 0.05) is 28.8 Å². The molecular formula is C20H19ClN2O2. The second-order valence-corrected chi connectivity index (χ2v) is 6.78. The molecule has 5 heteroatoms. The first-order valence-corrected chi connectivity index (χ1v) is 8.53. The Balaban J connectivity index is 2.09. The van der Waals surface area contributed by atoms with Crippen molar-refractivity contribution in [2.75, 3.05) is 6.54 Å². The predicted octanol–water partition coefficient (Wildman–Crippen LogP) is 4.21. The second kappa shape index (κ2) is 7.11. The quantitative estimate of drug-likeness (QED) is 0.551. The Morgan fingerprint density at radius 1 is 1.12 bits per heavy atom. The number of hydrogen-bond acceptors (Lipinski definition) is 2. The molecule has 2 aromatic heterocycles. The highest BCUT2D eigenvalue weighted by Crippen LogP contribution is 2.29. The van der Waals surface area contributed by atoms with Crippen molar-refractivity contribution in [1.82, 2.24) is 9.72 Å². The fraction of sp³-hybridized carbons (Fsp3) is 0.200. The van der Waals surface area contributed by atoms with Gasteiger partial charge in [0.2, 0.25) is 0 Å². The Morgan fingerprint density at radius 3 is 2.52 bits per heavy atom. The third kappa shape index (κ3) is 3.59. The molecule has 0 saturated heterocycles. The van der Waals surface area contributed by atoms with Crippen LogP contribution in [-0.2, 0) is 4.79 Å². The molecule has 1 amide bonds. The molecule has 2 heterocycles. The van der Waals surface area contributed by atoms with E-state index in [2.05, 4.69) is 5.32 Å². The van der Waals surface area contributed by atoms with Crippen LogP contribution in [0.4, 0.5) is 0 Å². The summed E-state index contributed by atoms with van der Waals surface area (Å²) in [5.41, 5.74) is 2.77. The van der Waals surface area contributed by atoms with Crippen LogP contribution in [0, 0.1) is 5.92 Å². The van der Waals surface area contributed by atoms with Crippen LogP contribution >= 0.6 is 11.6 Å². The molecule has 0 saturated carbocycles. The summed E-state index contributed by atoms with van der Waals surface area (Å²) in [5.74, 6) is -0.860. The Kier molecular flexibility index (Phi) is 4.91. The number of carbonyl (C=O) groups is 2. The van der Waals surface area contributed by atoms with Crippen molar-refractivity contribution in [2.45, 2.75) is 13.8 Å². The number of Topliss-reactive ketones (excluding diaryl/α,β-unsaturated/α-hetero) is 1. The maximum Gasteiger partial charge on any atom is 0.294 e. The molecule has 0 spiro atoms. The molecule has 3 rings (SSSR count). The number of carbonyl (C=O) groups excluding carboxylic acids is 2. The Bertz CT molecular complexity index is 927. The molecule has 0 aliphatic rings. The maximum atomic E-state index is 12.8. The lowest BCUT2D eigenvalue weighted by Gasteiger charge is -2.09. The molecular weight excluding hydrogens is 336 g/mol. The van der Waals surface area contributed by atoms with Gasteiger partial charge in [-0.3, -0.25) is 9.59 Å². The number of benzene rings is 1. The largest absolute Gasteiger partial charge is 0.349 e. The van der Waals surface area contributed by atoms with Crippen LogP contribution in [0.2, 0.25) is 5.02 Å². The summed E-state index contributed by atoms with van der Waals surface area (Å²) in [5, 5.41) is 3.32. The van der Waals surface area contributed by atoms with E-state index in [9.17, 15) is 9.59 Å². The molecule has 0 atom stereocenters. The van der Waals surface area contributed by atoms with Gasteiger partial charge in [-0.2, -0.15) is 0 Å². The highest BCUT2D eigenvalue weighted by Gasteiger charge is 2.24. The van der Waals surface area contributed by atoms with Crippen LogP contribution in [0.5, 0.6) is 0 Å². The minimum Gasteiger partial charge on any atom is -0.349 e. The fourth-order valence-corrected chi connectivity index (χ4v) is 2.82. The molecule has 128 valence electrons. The SMILES string of the molecule is CC(C)CNC(=O)C(=O)c1c(-c2ccc(Cl)cc2)cc2ccccn12. The Labute approximate surface area is 151 Å². The number of rotatable bonds is 5. The lowest BCUT2D eigenvalue weighted by molar-refractivity contribution is -0.117. The average molecular weight is 355 g/mol. The smallest absolute Gasteiger partial charge is 0.294 e. The van der Waals surface area contributed by atoms with Crippen molar-refractivity contribution in [1.29, 1.82) is 0 Å². The first-order valence-electron chi connectivity index (χ1n) is 8.16. The van der Waals surface area contributed by atoms with Crippen molar-refractivity contribution in [3.63, 3.8) is 0 Å². The zero-order valence-corrected chi connectivity index (χ0v) is 14.9. The fourth-order valence-electron chi connectivity index (χ4n) is 2.69. The zero-order valence-electron chi connectivity index (χ0n) is 14.1. The van der Waals surface area contributed by atoms with Gasteiger partial charge >= 0.3 is 0 Å². The van der Waals surface area contributed by atoms with Crippen molar-refractivity contribution >= 4 is 28.8 Å². The summed E-state index contributed by atoms with van der Waals surface area (Å²) < 4.78 is 1.75. The molecule has 0 radical (unpaired) electrons. The molecule has 1 aromatic carbocycles. The van der Waals surface area contributed by atoms with E-state index in [0.717, 1.165) is 11.1 Å². The van der Waals surface area contributed by atoms with Crippen molar-refractivity contribution in [2.24, 2.45) is 5.92 Å². The van der Waals surface area contributed by atoms with E-state index >= 15 is 0 Å². The van der Waals surface area contributed by atoms with Crippen LogP contribution in [-0.4, -0.2) is 22.6 Å². The number of aromatic nitrogens is 1. The number of hydrogen-bond donors (Lipinski definition) is 1. The van der Waals surface area contributed by atoms with Crippen molar-refractivity contribution in [3.8, 4) is 11.1 Å². The van der Waals surface area contributed by atoms with Gasteiger partial charge in [-0.25, -0.2) is 0 Å². The van der Waals surface area contributed by atoms with E-state index in [1.54, 1.807) is 22.7 Å². The van der Waals surface area contributed by atoms with E-state index in [1.165, 1.54) is 0 Å². The third-order valence-electron chi connectivity index (χ3n) is 3.93. The molecule has 3 aromatic rings. The summed E-state index contributed by atoms with van der Waals surface area (Å²) in [6, 6.07) is 14.8. The monoisotopic (exact) mass is 354 g/mol. The van der Waals surface area contributed by atoms with Gasteiger partial charge in [0.15, 0.2) is 0 Å². The highest BCUT2D eigenvalue weighted by molar-refractivity contribution is 6.43. The minimum absolute atomic E-state index is 0.275. The van der Waals surface area contributed by atoms with Crippen LogP contribution in [0.3, 0.4) is 0 Å². The molecule has 0 aliphatic carbocycles. The first-order chi connectivity index (χ1) is 12.0. The number of nitrogens with zero attached hydrogens (tertiary/aromatic N) is 1. The summed E-state index contributed by atoms with van der Waals surface area (Å²) in [6.45, 7) is 4.43. The van der Waals surface area contributed by atoms with Gasteiger partial charge in [0.1, 0.15) is 5.69 Å². The summed E-state index contributed by atoms with van der Waals surface area (Å²) in [6.07, 6.45) is 1.79. The van der Waals surface area contributed by atoms with E-state index in [1.807, 2.05) is 50.2 Å². The predicted molar refractivity (Wildman–Crippen MR) is 100 cm³/mol. The maximum absolute atomic E-state index is 12.8. The number of halogens is 1. The van der Waals surface area contributed by atoms with Crippen LogP contribution in [0.15, 0.2) is 54.7 Å². The number of fused-ring (bicyclic) bond motifs is 1. The summed E-state index contributed by atoms with van der Waals surface area (Å²) >= 11 is 5.97. The highest BCUT2D eigenvalue weighted by atomic mass is 35.5. The Hall–Kier alpha value is -2.59. The Morgan fingerprint density at radius 2 is 1.84 bits per heavy atom. The zero-order chi connectivity index (χ0) is 18.0. The molecule has 0 unspecified atom stereocenters. The molecule has 0 aliphatic heterocycles. The minimum atomic E-state index is -0.590. The van der Waals surface area contributed by atoms with Gasteiger partial charge in [-0.15, -0.1) is 0 Å². The molecule has 4 nitrogen and oxygen atoms in total. The normalized spacial score (nSPS) is 11.0. The van der Waals surface area contributed by atoms with E-state index in [4.69, 9.17) is 11.6 Å². The second-order valence-electron chi connectivity index (χ2n) is 6.34. The number of amides is 1. The summed E-state index contributed by atoms with van der Waals surface area (Å²) in [4.78, 5) is 25.2. The third-order valence-corrected chi connectivity index (χ3v) is 4.18. The van der Waals surface area contributed by atoms with E-state index < -0.39 is 11.7 Å². The van der Waals surface area contributed by atoms with Gasteiger partial charge < -0.3 is 9.72 Å². The molecule has 0 fully saturated rings. The van der Waals surface area contributed by atoms with Crippen LogP contribution in [0.25, 0.3) is 16.6 Å². The van der Waals surface area contributed by atoms with Gasteiger partial charge in [-0.1, -0.05) is 43.6 Å². The molecule has 1 N–H and O–H groups in total. The molecule has 25 heavy (non-hydrogen) atoms. The average Bonchev–Trinajstić information content (AvgIpc) is 2.99. The van der Waals surface area contributed by atoms with Crippen molar-refractivity contribution in [3.05, 3.63) is 65.4 Å². The number of nitrogens with one attached hydrogen (secondary N) is 1. The summed E-state index contributed by atoms with van der Waals surface area (Å²) in [7, 11) is 0. The lowest BCUT2D eigenvalue weighted by atomic mass is 10.0. The van der Waals surface area contributed by atoms with Crippen LogP contribution in [0.1, 0.15) is 24.3 Å².